The average Bonchev–Trinajstić information content (AvgIpc) is 3.42. The van der Waals surface area contributed by atoms with Crippen molar-refractivity contribution in [3.05, 3.63) is 78.4 Å². The summed E-state index contributed by atoms with van der Waals surface area (Å²) >= 11 is 0. The normalized spacial score (nSPS) is 12.5. The number of nitrogens with zero attached hydrogens (tertiary/aromatic N) is 2. The summed E-state index contributed by atoms with van der Waals surface area (Å²) in [6.45, 7) is 0.826. The molecule has 6 nitrogen and oxygen atoms in total. The van der Waals surface area contributed by atoms with Gasteiger partial charge in [0.25, 0.3) is 0 Å². The van der Waals surface area contributed by atoms with Crippen LogP contribution in [0.3, 0.4) is 0 Å². The second kappa shape index (κ2) is 6.77. The van der Waals surface area contributed by atoms with Crippen molar-refractivity contribution in [3.63, 3.8) is 0 Å². The Morgan fingerprint density at radius 2 is 1.67 bits per heavy atom. The van der Waals surface area contributed by atoms with E-state index in [2.05, 4.69) is 5.32 Å². The van der Waals surface area contributed by atoms with Gasteiger partial charge in [-0.1, -0.05) is 48.5 Å². The molecule has 0 fully saturated rings. The SMILES string of the molecule is c1ccc(-c2nc(NCc3ccc4c(c3)OCO4)c3oc4ccccc4c3n2)cc1. The van der Waals surface area contributed by atoms with Gasteiger partial charge >= 0.3 is 0 Å². The molecule has 0 saturated carbocycles. The third-order valence-corrected chi connectivity index (χ3v) is 5.15. The number of anilines is 1. The lowest BCUT2D eigenvalue weighted by Gasteiger charge is -2.09. The second-order valence-electron chi connectivity index (χ2n) is 7.08. The molecule has 6 heteroatoms. The minimum absolute atomic E-state index is 0.262. The number of hydrogen-bond donors (Lipinski definition) is 1. The van der Waals surface area contributed by atoms with Crippen molar-refractivity contribution in [2.24, 2.45) is 0 Å². The summed E-state index contributed by atoms with van der Waals surface area (Å²) in [6.07, 6.45) is 0. The summed E-state index contributed by atoms with van der Waals surface area (Å²) in [5.41, 5.74) is 4.25. The molecule has 0 atom stereocenters. The first-order chi connectivity index (χ1) is 14.8. The van der Waals surface area contributed by atoms with E-state index in [9.17, 15) is 0 Å². The molecule has 3 heterocycles. The predicted octanol–water partition coefficient (Wildman–Crippen LogP) is 5.38. The molecule has 5 aromatic rings. The standard InChI is InChI=1S/C24H17N3O3/c1-2-6-16(7-3-1)23-26-21-17-8-4-5-9-18(17)30-22(21)24(27-23)25-13-15-10-11-19-20(12-15)29-14-28-19/h1-12H,13-14H2,(H,25,26,27). The van der Waals surface area contributed by atoms with Crippen LogP contribution in [0.4, 0.5) is 5.82 Å². The molecular weight excluding hydrogens is 378 g/mol. The van der Waals surface area contributed by atoms with Gasteiger partial charge in [0.15, 0.2) is 28.7 Å². The highest BCUT2D eigenvalue weighted by atomic mass is 16.7. The van der Waals surface area contributed by atoms with Crippen molar-refractivity contribution in [2.45, 2.75) is 6.54 Å². The van der Waals surface area contributed by atoms with E-state index in [0.29, 0.717) is 23.8 Å². The lowest BCUT2D eigenvalue weighted by atomic mass is 10.2. The first-order valence-electron chi connectivity index (χ1n) is 9.72. The maximum atomic E-state index is 6.10. The van der Waals surface area contributed by atoms with Gasteiger partial charge in [-0.3, -0.25) is 0 Å². The van der Waals surface area contributed by atoms with Crippen molar-refractivity contribution in [1.82, 2.24) is 9.97 Å². The van der Waals surface area contributed by atoms with Crippen molar-refractivity contribution < 1.29 is 13.9 Å². The lowest BCUT2D eigenvalue weighted by Crippen LogP contribution is -2.03. The summed E-state index contributed by atoms with van der Waals surface area (Å²) in [4.78, 5) is 9.60. The quantitative estimate of drug-likeness (QED) is 0.440. The number of fused-ring (bicyclic) bond motifs is 4. The number of aromatic nitrogens is 2. The third kappa shape index (κ3) is 2.81. The molecule has 0 aliphatic carbocycles. The van der Waals surface area contributed by atoms with Crippen LogP contribution >= 0.6 is 0 Å². The van der Waals surface area contributed by atoms with Crippen LogP contribution in [-0.2, 0) is 6.54 Å². The van der Waals surface area contributed by atoms with Crippen LogP contribution < -0.4 is 14.8 Å². The van der Waals surface area contributed by atoms with Crippen molar-refractivity contribution in [3.8, 4) is 22.9 Å². The highest BCUT2D eigenvalue weighted by Crippen LogP contribution is 2.35. The van der Waals surface area contributed by atoms with Crippen LogP contribution in [0, 0.1) is 0 Å². The van der Waals surface area contributed by atoms with Gasteiger partial charge < -0.3 is 19.2 Å². The van der Waals surface area contributed by atoms with Crippen molar-refractivity contribution in [2.75, 3.05) is 12.1 Å². The van der Waals surface area contributed by atoms with E-state index in [1.165, 1.54) is 0 Å². The van der Waals surface area contributed by atoms with Crippen LogP contribution in [-0.4, -0.2) is 16.8 Å². The highest BCUT2D eigenvalue weighted by Gasteiger charge is 2.17. The Kier molecular flexibility index (Phi) is 3.81. The van der Waals surface area contributed by atoms with Crippen molar-refractivity contribution in [1.29, 1.82) is 0 Å². The Morgan fingerprint density at radius 1 is 0.833 bits per heavy atom. The lowest BCUT2D eigenvalue weighted by molar-refractivity contribution is 0.174. The van der Waals surface area contributed by atoms with Gasteiger partial charge in [-0.15, -0.1) is 0 Å². The van der Waals surface area contributed by atoms with E-state index in [4.69, 9.17) is 23.9 Å². The fourth-order valence-corrected chi connectivity index (χ4v) is 3.66. The molecule has 0 spiro atoms. The molecular formula is C24H17N3O3. The van der Waals surface area contributed by atoms with E-state index < -0.39 is 0 Å². The van der Waals surface area contributed by atoms with Gasteiger partial charge in [0.05, 0.1) is 0 Å². The topological polar surface area (TPSA) is 69.4 Å². The smallest absolute Gasteiger partial charge is 0.231 e. The summed E-state index contributed by atoms with van der Waals surface area (Å²) in [5.74, 6) is 2.85. The number of ether oxygens (including phenoxy) is 2. The molecule has 0 bridgehead atoms. The van der Waals surface area contributed by atoms with Crippen LogP contribution in [0.1, 0.15) is 5.56 Å². The van der Waals surface area contributed by atoms with E-state index >= 15 is 0 Å². The number of benzene rings is 3. The zero-order valence-corrected chi connectivity index (χ0v) is 16.0. The summed E-state index contributed by atoms with van der Waals surface area (Å²) < 4.78 is 17.0. The van der Waals surface area contributed by atoms with Crippen molar-refractivity contribution >= 4 is 27.9 Å². The minimum atomic E-state index is 0.262. The molecule has 30 heavy (non-hydrogen) atoms. The van der Waals surface area contributed by atoms with Gasteiger partial charge in [-0.05, 0) is 29.8 Å². The molecule has 6 rings (SSSR count). The van der Waals surface area contributed by atoms with Gasteiger partial charge in [0.2, 0.25) is 6.79 Å². The first kappa shape index (κ1) is 16.9. The maximum absolute atomic E-state index is 6.10. The Hall–Kier alpha value is -4.06. The van der Waals surface area contributed by atoms with E-state index in [1.807, 2.05) is 72.8 Å². The van der Waals surface area contributed by atoms with Gasteiger partial charge in [0, 0.05) is 17.5 Å². The Morgan fingerprint density at radius 3 is 2.60 bits per heavy atom. The van der Waals surface area contributed by atoms with Crippen LogP contribution in [0.2, 0.25) is 0 Å². The Labute approximate surface area is 172 Å². The second-order valence-corrected chi connectivity index (χ2v) is 7.08. The average molecular weight is 395 g/mol. The summed E-state index contributed by atoms with van der Waals surface area (Å²) in [5, 5.41) is 4.40. The summed E-state index contributed by atoms with van der Waals surface area (Å²) in [7, 11) is 0. The number of rotatable bonds is 4. The number of nitrogens with one attached hydrogen (secondary N) is 1. The monoisotopic (exact) mass is 395 g/mol. The van der Waals surface area contributed by atoms with E-state index in [-0.39, 0.29) is 6.79 Å². The number of para-hydroxylation sites is 1. The zero-order chi connectivity index (χ0) is 19.9. The van der Waals surface area contributed by atoms with Gasteiger partial charge in [0.1, 0.15) is 11.1 Å². The molecule has 1 aliphatic rings. The van der Waals surface area contributed by atoms with Crippen LogP contribution in [0.5, 0.6) is 11.5 Å². The Bertz CT molecular complexity index is 1380. The molecule has 1 aliphatic heterocycles. The highest BCUT2D eigenvalue weighted by molar-refractivity contribution is 6.06. The van der Waals surface area contributed by atoms with Gasteiger partial charge in [-0.25, -0.2) is 9.97 Å². The van der Waals surface area contributed by atoms with Gasteiger partial charge in [-0.2, -0.15) is 0 Å². The molecule has 2 aromatic heterocycles. The fourth-order valence-electron chi connectivity index (χ4n) is 3.66. The predicted molar refractivity (Wildman–Crippen MR) is 115 cm³/mol. The molecule has 0 amide bonds. The van der Waals surface area contributed by atoms with E-state index in [1.54, 1.807) is 0 Å². The minimum Gasteiger partial charge on any atom is -0.454 e. The van der Waals surface area contributed by atoms with Crippen LogP contribution in [0.25, 0.3) is 33.5 Å². The molecule has 3 aromatic carbocycles. The summed E-state index contributed by atoms with van der Waals surface area (Å²) in [6, 6.07) is 23.8. The maximum Gasteiger partial charge on any atom is 0.231 e. The number of furan rings is 1. The third-order valence-electron chi connectivity index (χ3n) is 5.15. The Balaban J connectivity index is 1.44. The number of hydrogen-bond acceptors (Lipinski definition) is 6. The first-order valence-corrected chi connectivity index (χ1v) is 9.72. The van der Waals surface area contributed by atoms with E-state index in [0.717, 1.165) is 39.1 Å². The molecule has 0 unspecified atom stereocenters. The molecule has 0 saturated heterocycles. The zero-order valence-electron chi connectivity index (χ0n) is 16.0. The van der Waals surface area contributed by atoms with Crippen LogP contribution in [0.15, 0.2) is 77.2 Å². The fraction of sp³-hybridized carbons (Fsp3) is 0.0833. The molecule has 1 N–H and O–H groups in total. The molecule has 146 valence electrons. The largest absolute Gasteiger partial charge is 0.454 e. The molecule has 0 radical (unpaired) electrons.